The molecule has 17 heavy (non-hydrogen) atoms. The van der Waals surface area contributed by atoms with Gasteiger partial charge in [0.05, 0.1) is 12.8 Å². The monoisotopic (exact) mass is 240 g/mol. The van der Waals surface area contributed by atoms with E-state index in [0.717, 1.165) is 12.2 Å². The van der Waals surface area contributed by atoms with Gasteiger partial charge in [0.2, 0.25) is 11.8 Å². The lowest BCUT2D eigenvalue weighted by molar-refractivity contribution is -0.130. The van der Waals surface area contributed by atoms with Crippen molar-refractivity contribution in [3.8, 4) is 0 Å². The first-order valence-corrected chi connectivity index (χ1v) is 5.11. The first kappa shape index (κ1) is 15.3. The van der Waals surface area contributed by atoms with E-state index in [1.807, 2.05) is 0 Å². The van der Waals surface area contributed by atoms with Crippen molar-refractivity contribution >= 4 is 11.8 Å². The lowest BCUT2D eigenvalue weighted by Gasteiger charge is -2.36. The minimum absolute atomic E-state index is 0.0441. The van der Waals surface area contributed by atoms with Crippen molar-refractivity contribution in [1.82, 2.24) is 10.2 Å². The average molecular weight is 240 g/mol. The standard InChI is InChI=1S/C11H20N4O2/c1-5-8(16)14-7-15(9(17)6-2)10(12)11(3,4)13/h5-6,10H,1-2,7,12-13H2,3-4H3,(H,14,16). The van der Waals surface area contributed by atoms with Crippen molar-refractivity contribution in [2.45, 2.75) is 25.6 Å². The van der Waals surface area contributed by atoms with Gasteiger partial charge < -0.3 is 21.7 Å². The van der Waals surface area contributed by atoms with Crippen LogP contribution < -0.4 is 16.8 Å². The molecule has 0 radical (unpaired) electrons. The van der Waals surface area contributed by atoms with Crippen molar-refractivity contribution in [3.05, 3.63) is 25.3 Å². The number of rotatable bonds is 6. The molecule has 0 aliphatic rings. The molecule has 0 bridgehead atoms. The first-order chi connectivity index (χ1) is 7.73. The topological polar surface area (TPSA) is 101 Å². The summed E-state index contributed by atoms with van der Waals surface area (Å²) in [4.78, 5) is 23.9. The smallest absolute Gasteiger partial charge is 0.248 e. The Morgan fingerprint density at radius 2 is 1.94 bits per heavy atom. The highest BCUT2D eigenvalue weighted by Gasteiger charge is 2.29. The third-order valence-electron chi connectivity index (χ3n) is 2.16. The Morgan fingerprint density at radius 1 is 1.41 bits per heavy atom. The van der Waals surface area contributed by atoms with Crippen LogP contribution in [0.3, 0.4) is 0 Å². The van der Waals surface area contributed by atoms with Gasteiger partial charge in [-0.1, -0.05) is 13.2 Å². The Labute approximate surface area is 101 Å². The van der Waals surface area contributed by atoms with Gasteiger partial charge in [-0.25, -0.2) is 0 Å². The summed E-state index contributed by atoms with van der Waals surface area (Å²) in [6.07, 6.45) is 1.49. The highest BCUT2D eigenvalue weighted by atomic mass is 16.2. The fraction of sp³-hybridized carbons (Fsp3) is 0.455. The van der Waals surface area contributed by atoms with Gasteiger partial charge in [0.1, 0.15) is 0 Å². The summed E-state index contributed by atoms with van der Waals surface area (Å²) in [7, 11) is 0. The Hall–Kier alpha value is -1.66. The number of nitrogens with one attached hydrogen (secondary N) is 1. The van der Waals surface area contributed by atoms with Gasteiger partial charge in [0.25, 0.3) is 0 Å². The van der Waals surface area contributed by atoms with E-state index >= 15 is 0 Å². The molecule has 0 aromatic carbocycles. The minimum Gasteiger partial charge on any atom is -0.335 e. The molecule has 0 heterocycles. The number of hydrogen-bond acceptors (Lipinski definition) is 4. The molecule has 0 rings (SSSR count). The summed E-state index contributed by atoms with van der Waals surface area (Å²) in [5, 5.41) is 2.47. The molecule has 0 aliphatic heterocycles. The van der Waals surface area contributed by atoms with Crippen molar-refractivity contribution in [2.24, 2.45) is 11.5 Å². The lowest BCUT2D eigenvalue weighted by Crippen LogP contribution is -2.63. The van der Waals surface area contributed by atoms with Gasteiger partial charge in [0, 0.05) is 5.54 Å². The second-order valence-electron chi connectivity index (χ2n) is 4.18. The number of carbonyl (C=O) groups is 2. The molecular formula is C11H20N4O2. The predicted molar refractivity (Wildman–Crippen MR) is 66.5 cm³/mol. The summed E-state index contributed by atoms with van der Waals surface area (Å²) < 4.78 is 0. The number of nitrogens with two attached hydrogens (primary N) is 2. The maximum Gasteiger partial charge on any atom is 0.248 e. The zero-order chi connectivity index (χ0) is 13.6. The largest absolute Gasteiger partial charge is 0.335 e. The van der Waals surface area contributed by atoms with E-state index in [9.17, 15) is 9.59 Å². The highest BCUT2D eigenvalue weighted by molar-refractivity contribution is 5.89. The van der Waals surface area contributed by atoms with Gasteiger partial charge in [-0.3, -0.25) is 9.59 Å². The quantitative estimate of drug-likeness (QED) is 0.421. The maximum atomic E-state index is 11.6. The van der Waals surface area contributed by atoms with Crippen molar-refractivity contribution in [3.63, 3.8) is 0 Å². The van der Waals surface area contributed by atoms with Crippen molar-refractivity contribution in [2.75, 3.05) is 6.67 Å². The molecule has 6 nitrogen and oxygen atoms in total. The fourth-order valence-corrected chi connectivity index (χ4v) is 1.07. The van der Waals surface area contributed by atoms with Crippen LogP contribution in [0.5, 0.6) is 0 Å². The molecule has 0 aromatic heterocycles. The van der Waals surface area contributed by atoms with E-state index in [4.69, 9.17) is 11.5 Å². The van der Waals surface area contributed by atoms with Crippen LogP contribution in [-0.2, 0) is 9.59 Å². The van der Waals surface area contributed by atoms with E-state index in [0.29, 0.717) is 0 Å². The molecule has 0 saturated heterocycles. The summed E-state index contributed by atoms with van der Waals surface area (Å²) >= 11 is 0. The predicted octanol–water partition coefficient (Wildman–Crippen LogP) is -0.717. The molecule has 0 fully saturated rings. The molecule has 96 valence electrons. The molecule has 1 unspecified atom stereocenters. The summed E-state index contributed by atoms with van der Waals surface area (Å²) in [6.45, 7) is 10.0. The third-order valence-corrected chi connectivity index (χ3v) is 2.16. The minimum atomic E-state index is -0.794. The van der Waals surface area contributed by atoms with Crippen LogP contribution in [0.25, 0.3) is 0 Å². The Bertz CT molecular complexity index is 320. The van der Waals surface area contributed by atoms with Crippen LogP contribution >= 0.6 is 0 Å². The van der Waals surface area contributed by atoms with Gasteiger partial charge in [0.15, 0.2) is 0 Å². The number of carbonyl (C=O) groups excluding carboxylic acids is 2. The Kier molecular flexibility index (Phi) is 5.57. The lowest BCUT2D eigenvalue weighted by atomic mass is 10.0. The summed E-state index contributed by atoms with van der Waals surface area (Å²) in [5.74, 6) is -0.797. The molecule has 0 aliphatic carbocycles. The second-order valence-corrected chi connectivity index (χ2v) is 4.18. The van der Waals surface area contributed by atoms with Crippen LogP contribution in [0.1, 0.15) is 13.8 Å². The molecule has 0 aromatic rings. The zero-order valence-corrected chi connectivity index (χ0v) is 10.3. The van der Waals surface area contributed by atoms with Crippen LogP contribution in [0.4, 0.5) is 0 Å². The number of amides is 2. The van der Waals surface area contributed by atoms with E-state index in [2.05, 4.69) is 18.5 Å². The van der Waals surface area contributed by atoms with E-state index in [1.54, 1.807) is 13.8 Å². The fourth-order valence-electron chi connectivity index (χ4n) is 1.07. The Balaban J connectivity index is 4.77. The molecular weight excluding hydrogens is 220 g/mol. The number of nitrogens with zero attached hydrogens (tertiary/aromatic N) is 1. The van der Waals surface area contributed by atoms with E-state index < -0.39 is 23.5 Å². The normalized spacial score (nSPS) is 12.5. The van der Waals surface area contributed by atoms with Crippen LogP contribution in [0.2, 0.25) is 0 Å². The van der Waals surface area contributed by atoms with Crippen LogP contribution in [0, 0.1) is 0 Å². The van der Waals surface area contributed by atoms with E-state index in [1.165, 1.54) is 4.90 Å². The van der Waals surface area contributed by atoms with Gasteiger partial charge in [-0.05, 0) is 26.0 Å². The van der Waals surface area contributed by atoms with Gasteiger partial charge >= 0.3 is 0 Å². The molecule has 5 N–H and O–H groups in total. The highest BCUT2D eigenvalue weighted by Crippen LogP contribution is 2.08. The zero-order valence-electron chi connectivity index (χ0n) is 10.3. The van der Waals surface area contributed by atoms with Crippen molar-refractivity contribution < 1.29 is 9.59 Å². The van der Waals surface area contributed by atoms with Crippen LogP contribution in [0.15, 0.2) is 25.3 Å². The molecule has 0 spiro atoms. The molecule has 2 amide bonds. The van der Waals surface area contributed by atoms with Crippen LogP contribution in [-0.4, -0.2) is 35.1 Å². The van der Waals surface area contributed by atoms with Gasteiger partial charge in [-0.15, -0.1) is 0 Å². The SMILES string of the molecule is C=CC(=O)NCN(C(=O)C=C)C(N)C(C)(C)N. The third kappa shape index (κ3) is 4.80. The molecule has 1 atom stereocenters. The Morgan fingerprint density at radius 3 is 2.29 bits per heavy atom. The van der Waals surface area contributed by atoms with Crippen molar-refractivity contribution in [1.29, 1.82) is 0 Å². The van der Waals surface area contributed by atoms with Gasteiger partial charge in [-0.2, -0.15) is 0 Å². The average Bonchev–Trinajstić information content (AvgIpc) is 2.26. The first-order valence-electron chi connectivity index (χ1n) is 5.11. The van der Waals surface area contributed by atoms with E-state index in [-0.39, 0.29) is 6.67 Å². The summed E-state index contributed by atoms with van der Waals surface area (Å²) in [5.41, 5.74) is 10.9. The second kappa shape index (κ2) is 6.17. The maximum absolute atomic E-state index is 11.6. The molecule has 6 heteroatoms. The summed E-state index contributed by atoms with van der Waals surface area (Å²) in [6, 6.07) is 0. The number of hydrogen-bond donors (Lipinski definition) is 3. The molecule has 0 saturated carbocycles.